The second kappa shape index (κ2) is 7.57. The van der Waals surface area contributed by atoms with Gasteiger partial charge in [-0.2, -0.15) is 0 Å². The predicted molar refractivity (Wildman–Crippen MR) is 74.4 cm³/mol. The molecule has 0 aliphatic heterocycles. The van der Waals surface area contributed by atoms with Crippen LogP contribution in [0.3, 0.4) is 0 Å². The molecule has 1 fully saturated rings. The second-order valence-electron chi connectivity index (χ2n) is 5.48. The lowest BCUT2D eigenvalue weighted by molar-refractivity contribution is -0.136. The van der Waals surface area contributed by atoms with E-state index in [1.165, 1.54) is 26.4 Å². The van der Waals surface area contributed by atoms with Gasteiger partial charge in [0.15, 0.2) is 0 Å². The van der Waals surface area contributed by atoms with E-state index in [2.05, 4.69) is 18.7 Å². The topological polar surface area (TPSA) is 29.5 Å². The molecule has 1 aliphatic rings. The van der Waals surface area contributed by atoms with Crippen LogP contribution in [-0.2, 0) is 9.53 Å². The summed E-state index contributed by atoms with van der Waals surface area (Å²) in [5, 5.41) is 0. The van der Waals surface area contributed by atoms with E-state index in [0.29, 0.717) is 0 Å². The summed E-state index contributed by atoms with van der Waals surface area (Å²) in [7, 11) is 1.45. The highest BCUT2D eigenvalue weighted by molar-refractivity contribution is 5.88. The van der Waals surface area contributed by atoms with Gasteiger partial charge >= 0.3 is 5.97 Å². The summed E-state index contributed by atoms with van der Waals surface area (Å²) in [4.78, 5) is 14.0. The summed E-state index contributed by atoms with van der Waals surface area (Å²) >= 11 is 0. The van der Waals surface area contributed by atoms with Gasteiger partial charge < -0.3 is 4.74 Å². The fourth-order valence-corrected chi connectivity index (χ4v) is 2.02. The van der Waals surface area contributed by atoms with Crippen LogP contribution in [0.25, 0.3) is 0 Å². The summed E-state index contributed by atoms with van der Waals surface area (Å²) in [6.45, 7) is 8.53. The van der Waals surface area contributed by atoms with E-state index in [4.69, 9.17) is 4.74 Å². The van der Waals surface area contributed by atoms with Crippen molar-refractivity contribution in [3.8, 4) is 0 Å². The van der Waals surface area contributed by atoms with E-state index in [-0.39, 0.29) is 5.97 Å². The maximum atomic E-state index is 11.5. The van der Waals surface area contributed by atoms with E-state index in [0.717, 1.165) is 37.0 Å². The van der Waals surface area contributed by atoms with Crippen LogP contribution >= 0.6 is 0 Å². The van der Waals surface area contributed by atoms with Gasteiger partial charge in [-0.25, -0.2) is 4.79 Å². The highest BCUT2D eigenvalue weighted by Gasteiger charge is 2.28. The predicted octanol–water partition coefficient (Wildman–Crippen LogP) is 3.01. The first-order valence-electron chi connectivity index (χ1n) is 7.09. The van der Waals surface area contributed by atoms with Crippen molar-refractivity contribution >= 4 is 5.97 Å². The van der Waals surface area contributed by atoms with Gasteiger partial charge in [0.05, 0.1) is 7.11 Å². The molecule has 0 aromatic rings. The van der Waals surface area contributed by atoms with Crippen molar-refractivity contribution in [1.82, 2.24) is 4.90 Å². The van der Waals surface area contributed by atoms with E-state index in [1.807, 2.05) is 13.0 Å². The van der Waals surface area contributed by atoms with Gasteiger partial charge in [0.2, 0.25) is 0 Å². The smallest absolute Gasteiger partial charge is 0.333 e. The number of carbonyl (C=O) groups excluding carboxylic acids is 1. The van der Waals surface area contributed by atoms with Crippen molar-refractivity contribution in [3.05, 3.63) is 11.6 Å². The zero-order valence-corrected chi connectivity index (χ0v) is 12.2. The molecule has 0 saturated heterocycles. The summed E-state index contributed by atoms with van der Waals surface area (Å²) < 4.78 is 4.78. The minimum absolute atomic E-state index is 0.183. The maximum absolute atomic E-state index is 11.5. The van der Waals surface area contributed by atoms with Crippen LogP contribution in [0, 0.1) is 5.92 Å². The molecule has 1 aliphatic carbocycles. The third kappa shape index (κ3) is 5.21. The number of ether oxygens (including phenoxy) is 1. The Morgan fingerprint density at radius 2 is 2.11 bits per heavy atom. The average Bonchev–Trinajstić information content (AvgIpc) is 3.17. The molecule has 0 aromatic carbocycles. The number of esters is 1. The SMILES string of the molecule is CCC(=CCN(CCC(C)C)C1CC1)C(=O)OC. The Morgan fingerprint density at radius 1 is 1.44 bits per heavy atom. The van der Waals surface area contributed by atoms with E-state index in [1.54, 1.807) is 0 Å². The van der Waals surface area contributed by atoms with Gasteiger partial charge in [0, 0.05) is 18.2 Å². The van der Waals surface area contributed by atoms with Crippen LogP contribution in [0.4, 0.5) is 0 Å². The number of carbonyl (C=O) groups is 1. The number of hydrogen-bond donors (Lipinski definition) is 0. The third-order valence-corrected chi connectivity index (χ3v) is 3.46. The lowest BCUT2D eigenvalue weighted by atomic mass is 10.1. The van der Waals surface area contributed by atoms with Crippen LogP contribution in [0.2, 0.25) is 0 Å². The molecule has 0 unspecified atom stereocenters. The van der Waals surface area contributed by atoms with Crippen LogP contribution in [0.5, 0.6) is 0 Å². The molecule has 0 atom stereocenters. The van der Waals surface area contributed by atoms with Gasteiger partial charge in [-0.3, -0.25) is 4.90 Å². The molecule has 1 rings (SSSR count). The first-order chi connectivity index (χ1) is 8.58. The molecule has 0 aromatic heterocycles. The Labute approximate surface area is 111 Å². The molecule has 0 heterocycles. The van der Waals surface area contributed by atoms with E-state index >= 15 is 0 Å². The van der Waals surface area contributed by atoms with E-state index < -0.39 is 0 Å². The molecule has 1 saturated carbocycles. The average molecular weight is 253 g/mol. The molecular formula is C15H27NO2. The Balaban J connectivity index is 2.49. The molecule has 3 nitrogen and oxygen atoms in total. The molecule has 0 radical (unpaired) electrons. The standard InChI is InChI=1S/C15H27NO2/c1-5-13(15(17)18-4)9-11-16(14-6-7-14)10-8-12(2)3/h9,12,14H,5-8,10-11H2,1-4H3. The van der Waals surface area contributed by atoms with Crippen LogP contribution in [0.1, 0.15) is 46.5 Å². The number of rotatable bonds is 8. The normalized spacial score (nSPS) is 16.4. The second-order valence-corrected chi connectivity index (χ2v) is 5.48. The van der Waals surface area contributed by atoms with Crippen LogP contribution in [0.15, 0.2) is 11.6 Å². The first-order valence-corrected chi connectivity index (χ1v) is 7.09. The number of nitrogens with zero attached hydrogens (tertiary/aromatic N) is 1. The molecule has 0 amide bonds. The van der Waals surface area contributed by atoms with Gasteiger partial charge in [0.1, 0.15) is 0 Å². The zero-order chi connectivity index (χ0) is 13.5. The van der Waals surface area contributed by atoms with Gasteiger partial charge in [-0.05, 0) is 38.1 Å². The molecular weight excluding hydrogens is 226 g/mol. The maximum Gasteiger partial charge on any atom is 0.333 e. The summed E-state index contributed by atoms with van der Waals surface area (Å²) in [5.74, 6) is 0.554. The quantitative estimate of drug-likeness (QED) is 0.492. The van der Waals surface area contributed by atoms with Gasteiger partial charge in [0.25, 0.3) is 0 Å². The Bertz CT molecular complexity index is 293. The van der Waals surface area contributed by atoms with Crippen molar-refractivity contribution in [1.29, 1.82) is 0 Å². The molecule has 0 spiro atoms. The summed E-state index contributed by atoms with van der Waals surface area (Å²) in [5.41, 5.74) is 0.799. The number of hydrogen-bond acceptors (Lipinski definition) is 3. The lowest BCUT2D eigenvalue weighted by Gasteiger charge is -2.21. The van der Waals surface area contributed by atoms with Gasteiger partial charge in [-0.15, -0.1) is 0 Å². The highest BCUT2D eigenvalue weighted by atomic mass is 16.5. The molecule has 0 bridgehead atoms. The number of methoxy groups -OCH3 is 1. The molecule has 3 heteroatoms. The Morgan fingerprint density at radius 3 is 2.56 bits per heavy atom. The lowest BCUT2D eigenvalue weighted by Crippen LogP contribution is -2.28. The molecule has 104 valence electrons. The zero-order valence-electron chi connectivity index (χ0n) is 12.2. The van der Waals surface area contributed by atoms with Crippen molar-refractivity contribution in [3.63, 3.8) is 0 Å². The van der Waals surface area contributed by atoms with Crippen molar-refractivity contribution < 1.29 is 9.53 Å². The highest BCUT2D eigenvalue weighted by Crippen LogP contribution is 2.27. The minimum Gasteiger partial charge on any atom is -0.466 e. The Kier molecular flexibility index (Phi) is 6.41. The molecule has 0 N–H and O–H groups in total. The van der Waals surface area contributed by atoms with Crippen LogP contribution in [-0.4, -0.2) is 37.1 Å². The fourth-order valence-electron chi connectivity index (χ4n) is 2.02. The van der Waals surface area contributed by atoms with Crippen molar-refractivity contribution in [2.45, 2.75) is 52.5 Å². The van der Waals surface area contributed by atoms with Gasteiger partial charge in [-0.1, -0.05) is 26.8 Å². The van der Waals surface area contributed by atoms with Crippen molar-refractivity contribution in [2.24, 2.45) is 5.92 Å². The molecule has 18 heavy (non-hydrogen) atoms. The summed E-state index contributed by atoms with van der Waals surface area (Å²) in [6.07, 6.45) is 6.64. The van der Waals surface area contributed by atoms with Crippen LogP contribution < -0.4 is 0 Å². The fraction of sp³-hybridized carbons (Fsp3) is 0.800. The monoisotopic (exact) mass is 253 g/mol. The van der Waals surface area contributed by atoms with E-state index in [9.17, 15) is 4.79 Å². The third-order valence-electron chi connectivity index (χ3n) is 3.46. The minimum atomic E-state index is -0.183. The van der Waals surface area contributed by atoms with Crippen molar-refractivity contribution in [2.75, 3.05) is 20.2 Å². The first kappa shape index (κ1) is 15.2. The largest absolute Gasteiger partial charge is 0.466 e. The Hall–Kier alpha value is -0.830. The summed E-state index contributed by atoms with van der Waals surface area (Å²) in [6, 6.07) is 0.746.